The molecule has 0 bridgehead atoms. The van der Waals surface area contributed by atoms with E-state index < -0.39 is 0 Å². The highest BCUT2D eigenvalue weighted by Gasteiger charge is 2.21. The third kappa shape index (κ3) is 3.06. The molecule has 0 spiro atoms. The lowest BCUT2D eigenvalue weighted by Crippen LogP contribution is -2.26. The number of hydrogen-bond acceptors (Lipinski definition) is 1. The number of nitrogens with two attached hydrogens (primary N) is 1. The highest BCUT2D eigenvalue weighted by molar-refractivity contribution is 9.10. The molecule has 1 rings (SSSR count). The first-order chi connectivity index (χ1) is 7.06. The van der Waals surface area contributed by atoms with E-state index in [1.165, 1.54) is 5.56 Å². The maximum Gasteiger partial charge on any atom is 0.220 e. The van der Waals surface area contributed by atoms with Crippen molar-refractivity contribution >= 4 is 21.8 Å². The van der Waals surface area contributed by atoms with Crippen LogP contribution in [0.1, 0.15) is 31.7 Å². The van der Waals surface area contributed by atoms with Gasteiger partial charge in [0.05, 0.1) is 0 Å². The lowest BCUT2D eigenvalue weighted by molar-refractivity contribution is -0.122. The molecule has 0 aromatic heterocycles. The smallest absolute Gasteiger partial charge is 0.220 e. The Morgan fingerprint density at radius 3 is 2.33 bits per heavy atom. The van der Waals surface area contributed by atoms with Crippen LogP contribution in [0.25, 0.3) is 0 Å². The number of carbonyl (C=O) groups is 1. The number of rotatable bonds is 4. The first-order valence-electron chi connectivity index (χ1n) is 5.11. The van der Waals surface area contributed by atoms with Gasteiger partial charge in [-0.1, -0.05) is 41.9 Å². The van der Waals surface area contributed by atoms with E-state index >= 15 is 0 Å². The van der Waals surface area contributed by atoms with Crippen molar-refractivity contribution in [1.29, 1.82) is 0 Å². The molecule has 1 aromatic carbocycles. The topological polar surface area (TPSA) is 43.1 Å². The molecule has 0 aliphatic heterocycles. The van der Waals surface area contributed by atoms with E-state index in [2.05, 4.69) is 22.9 Å². The average molecular weight is 270 g/mol. The summed E-state index contributed by atoms with van der Waals surface area (Å²) in [5, 5.41) is 0. The summed E-state index contributed by atoms with van der Waals surface area (Å²) in [4.78, 5) is 11.2. The van der Waals surface area contributed by atoms with Crippen LogP contribution in [0.5, 0.6) is 0 Å². The lowest BCUT2D eigenvalue weighted by Gasteiger charge is -2.20. The standard InChI is InChI=1S/C12H16BrNO/c1-3-11(8(2)12(14)15)9-4-6-10(13)7-5-9/h4-8,11H,3H2,1-2H3,(H2,14,15). The maximum absolute atomic E-state index is 11.2. The van der Waals surface area contributed by atoms with Crippen molar-refractivity contribution in [3.05, 3.63) is 34.3 Å². The molecule has 15 heavy (non-hydrogen) atoms. The number of carbonyl (C=O) groups excluding carboxylic acids is 1. The van der Waals surface area contributed by atoms with Crippen LogP contribution < -0.4 is 5.73 Å². The Bertz CT molecular complexity index is 334. The fraction of sp³-hybridized carbons (Fsp3) is 0.417. The van der Waals surface area contributed by atoms with Gasteiger partial charge in [0.15, 0.2) is 0 Å². The van der Waals surface area contributed by atoms with Gasteiger partial charge in [-0.15, -0.1) is 0 Å². The van der Waals surface area contributed by atoms with Crippen molar-refractivity contribution in [3.63, 3.8) is 0 Å². The second-order valence-corrected chi connectivity index (χ2v) is 4.67. The molecular weight excluding hydrogens is 254 g/mol. The second-order valence-electron chi connectivity index (χ2n) is 3.76. The molecule has 2 N–H and O–H groups in total. The Morgan fingerprint density at radius 2 is 1.93 bits per heavy atom. The molecule has 1 amide bonds. The molecule has 0 saturated carbocycles. The van der Waals surface area contributed by atoms with Crippen molar-refractivity contribution in [2.24, 2.45) is 11.7 Å². The van der Waals surface area contributed by atoms with E-state index in [-0.39, 0.29) is 17.7 Å². The number of halogens is 1. The van der Waals surface area contributed by atoms with Gasteiger partial charge in [-0.05, 0) is 30.0 Å². The van der Waals surface area contributed by atoms with Crippen LogP contribution in [-0.4, -0.2) is 5.91 Å². The van der Waals surface area contributed by atoms with E-state index in [1.807, 2.05) is 31.2 Å². The highest BCUT2D eigenvalue weighted by atomic mass is 79.9. The zero-order valence-electron chi connectivity index (χ0n) is 9.03. The second kappa shape index (κ2) is 5.31. The van der Waals surface area contributed by atoms with Crippen LogP contribution in [0, 0.1) is 5.92 Å². The van der Waals surface area contributed by atoms with Gasteiger partial charge in [-0.2, -0.15) is 0 Å². The lowest BCUT2D eigenvalue weighted by atomic mass is 9.85. The Labute approximate surface area is 99.0 Å². The molecule has 2 unspecified atom stereocenters. The van der Waals surface area contributed by atoms with Crippen molar-refractivity contribution < 1.29 is 4.79 Å². The van der Waals surface area contributed by atoms with Crippen LogP contribution in [0.15, 0.2) is 28.7 Å². The minimum atomic E-state index is -0.232. The summed E-state index contributed by atoms with van der Waals surface area (Å²) in [6.45, 7) is 3.96. The first-order valence-corrected chi connectivity index (χ1v) is 5.90. The minimum absolute atomic E-state index is 0.115. The van der Waals surface area contributed by atoms with Gasteiger partial charge in [0.1, 0.15) is 0 Å². The predicted molar refractivity (Wildman–Crippen MR) is 65.5 cm³/mol. The highest BCUT2D eigenvalue weighted by Crippen LogP contribution is 2.28. The van der Waals surface area contributed by atoms with E-state index in [9.17, 15) is 4.79 Å². The summed E-state index contributed by atoms with van der Waals surface area (Å²) < 4.78 is 1.05. The molecule has 82 valence electrons. The summed E-state index contributed by atoms with van der Waals surface area (Å²) in [7, 11) is 0. The van der Waals surface area contributed by atoms with Gasteiger partial charge >= 0.3 is 0 Å². The summed E-state index contributed by atoms with van der Waals surface area (Å²) >= 11 is 3.39. The zero-order chi connectivity index (χ0) is 11.4. The molecule has 0 radical (unpaired) electrons. The van der Waals surface area contributed by atoms with Gasteiger partial charge < -0.3 is 5.73 Å². The summed E-state index contributed by atoms with van der Waals surface area (Å²) in [5.74, 6) is -0.128. The van der Waals surface area contributed by atoms with Gasteiger partial charge in [0, 0.05) is 10.4 Å². The van der Waals surface area contributed by atoms with Crippen molar-refractivity contribution in [3.8, 4) is 0 Å². The molecule has 0 aliphatic rings. The fourth-order valence-corrected chi connectivity index (χ4v) is 2.05. The van der Waals surface area contributed by atoms with Crippen molar-refractivity contribution in [2.45, 2.75) is 26.2 Å². The fourth-order valence-electron chi connectivity index (χ4n) is 1.79. The van der Waals surface area contributed by atoms with E-state index in [0.717, 1.165) is 10.9 Å². The summed E-state index contributed by atoms with van der Waals surface area (Å²) in [6.07, 6.45) is 0.922. The van der Waals surface area contributed by atoms with Gasteiger partial charge in [-0.25, -0.2) is 0 Å². The third-order valence-corrected chi connectivity index (χ3v) is 3.32. The normalized spacial score (nSPS) is 14.6. The van der Waals surface area contributed by atoms with Gasteiger partial charge in [0.2, 0.25) is 5.91 Å². The zero-order valence-corrected chi connectivity index (χ0v) is 10.6. The van der Waals surface area contributed by atoms with E-state index in [4.69, 9.17) is 5.73 Å². The van der Waals surface area contributed by atoms with Crippen molar-refractivity contribution in [1.82, 2.24) is 0 Å². The molecule has 0 aliphatic carbocycles. The molecule has 2 atom stereocenters. The molecule has 1 aromatic rings. The number of hydrogen-bond donors (Lipinski definition) is 1. The molecule has 0 fully saturated rings. The van der Waals surface area contributed by atoms with Crippen LogP contribution in [0.4, 0.5) is 0 Å². The van der Waals surface area contributed by atoms with Crippen LogP contribution in [0.3, 0.4) is 0 Å². The molecule has 0 saturated heterocycles. The van der Waals surface area contributed by atoms with Gasteiger partial charge in [-0.3, -0.25) is 4.79 Å². The SMILES string of the molecule is CCC(c1ccc(Br)cc1)C(C)C(N)=O. The first kappa shape index (κ1) is 12.2. The van der Waals surface area contributed by atoms with Gasteiger partial charge in [0.25, 0.3) is 0 Å². The monoisotopic (exact) mass is 269 g/mol. The summed E-state index contributed by atoms with van der Waals surface area (Å²) in [6, 6.07) is 8.06. The Kier molecular flexibility index (Phi) is 4.33. The Morgan fingerprint density at radius 1 is 1.40 bits per heavy atom. The number of primary amides is 1. The molecule has 0 heterocycles. The van der Waals surface area contributed by atoms with Crippen molar-refractivity contribution in [2.75, 3.05) is 0 Å². The quantitative estimate of drug-likeness (QED) is 0.897. The average Bonchev–Trinajstić information content (AvgIpc) is 2.21. The minimum Gasteiger partial charge on any atom is -0.369 e. The Hall–Kier alpha value is -0.830. The van der Waals surface area contributed by atoms with Crippen LogP contribution >= 0.6 is 15.9 Å². The largest absolute Gasteiger partial charge is 0.369 e. The molecule has 3 heteroatoms. The van der Waals surface area contributed by atoms with E-state index in [0.29, 0.717) is 0 Å². The molecular formula is C12H16BrNO. The Balaban J connectivity index is 2.92. The van der Waals surface area contributed by atoms with Crippen LogP contribution in [0.2, 0.25) is 0 Å². The third-order valence-electron chi connectivity index (χ3n) is 2.79. The maximum atomic E-state index is 11.2. The number of benzene rings is 1. The summed E-state index contributed by atoms with van der Waals surface area (Å²) in [5.41, 5.74) is 6.50. The van der Waals surface area contributed by atoms with Crippen LogP contribution in [-0.2, 0) is 4.79 Å². The predicted octanol–water partition coefficient (Wildman–Crippen LogP) is 3.06. The van der Waals surface area contributed by atoms with E-state index in [1.54, 1.807) is 0 Å². The number of amides is 1. The molecule has 2 nitrogen and oxygen atoms in total.